The highest BCUT2D eigenvalue weighted by atomic mass is 35.5. The number of furan rings is 1. The Morgan fingerprint density at radius 3 is 2.56 bits per heavy atom. The Labute approximate surface area is 187 Å². The van der Waals surface area contributed by atoms with Gasteiger partial charge in [-0.1, -0.05) is 29.8 Å². The lowest BCUT2D eigenvalue weighted by atomic mass is 10.2. The van der Waals surface area contributed by atoms with Crippen molar-refractivity contribution in [2.75, 3.05) is 17.1 Å². The molecule has 0 aliphatic rings. The average molecular weight is 475 g/mol. The predicted molar refractivity (Wildman–Crippen MR) is 119 cm³/mol. The molecule has 0 fully saturated rings. The highest BCUT2D eigenvalue weighted by Crippen LogP contribution is 2.34. The number of ether oxygens (including phenoxy) is 1. The maximum Gasteiger partial charge on any atom is 0.293 e. The number of carbonyl (C=O) groups excluding carboxylic acids is 1. The highest BCUT2D eigenvalue weighted by Gasteiger charge is 2.26. The minimum Gasteiger partial charge on any atom is -0.494 e. The Balaban J connectivity index is 1.74. The number of sulfonamides is 1. The van der Waals surface area contributed by atoms with E-state index < -0.39 is 21.7 Å². The number of carbonyl (C=O) groups is 1. The Morgan fingerprint density at radius 2 is 1.84 bits per heavy atom. The smallest absolute Gasteiger partial charge is 0.293 e. The molecule has 1 heterocycles. The van der Waals surface area contributed by atoms with Crippen molar-refractivity contribution >= 4 is 49.9 Å². The number of hydrogen-bond donors (Lipinski definition) is 2. The van der Waals surface area contributed by atoms with E-state index in [1.807, 2.05) is 0 Å². The summed E-state index contributed by atoms with van der Waals surface area (Å²) in [5.74, 6) is -1.89. The molecule has 10 heteroatoms. The van der Waals surface area contributed by atoms with Gasteiger partial charge in [0.1, 0.15) is 11.3 Å². The summed E-state index contributed by atoms with van der Waals surface area (Å²) in [5, 5.41) is 3.40. The number of methoxy groups -OCH3 is 1. The molecule has 0 unspecified atom stereocenters. The summed E-state index contributed by atoms with van der Waals surface area (Å²) in [6.07, 6.45) is 0. The van der Waals surface area contributed by atoms with Gasteiger partial charge in [0, 0.05) is 16.1 Å². The molecule has 164 valence electrons. The van der Waals surface area contributed by atoms with Gasteiger partial charge < -0.3 is 14.5 Å². The van der Waals surface area contributed by atoms with Crippen LogP contribution in [0.3, 0.4) is 0 Å². The van der Waals surface area contributed by atoms with E-state index in [-0.39, 0.29) is 22.1 Å². The van der Waals surface area contributed by atoms with E-state index in [1.165, 1.54) is 25.3 Å². The maximum atomic E-state index is 14.1. The third-order valence-electron chi connectivity index (χ3n) is 4.55. The first-order valence-corrected chi connectivity index (χ1v) is 11.1. The van der Waals surface area contributed by atoms with Crippen LogP contribution in [-0.4, -0.2) is 21.4 Å². The Bertz CT molecular complexity index is 1440. The van der Waals surface area contributed by atoms with Gasteiger partial charge in [0.25, 0.3) is 15.9 Å². The van der Waals surface area contributed by atoms with Gasteiger partial charge >= 0.3 is 0 Å². The summed E-state index contributed by atoms with van der Waals surface area (Å²) in [7, 11) is -2.99. The van der Waals surface area contributed by atoms with Crippen molar-refractivity contribution in [3.05, 3.63) is 83.3 Å². The van der Waals surface area contributed by atoms with Crippen molar-refractivity contribution in [3.63, 3.8) is 0 Å². The SMILES string of the molecule is COc1ccc(S(=O)(=O)Nc2c(C(=O)Nc3cccc(Cl)c3)oc3ccccc23)cc1F. The van der Waals surface area contributed by atoms with Crippen LogP contribution in [0.1, 0.15) is 10.6 Å². The average Bonchev–Trinajstić information content (AvgIpc) is 3.12. The zero-order valence-electron chi connectivity index (χ0n) is 16.6. The van der Waals surface area contributed by atoms with Gasteiger partial charge in [-0.3, -0.25) is 9.52 Å². The van der Waals surface area contributed by atoms with Crippen LogP contribution >= 0.6 is 11.6 Å². The standard InChI is InChI=1S/C22H16ClFN2O5S/c1-30-19-10-9-15(12-17(19)24)32(28,29)26-20-16-7-2-3-8-18(16)31-21(20)22(27)25-14-6-4-5-13(23)11-14/h2-12,26H,1H3,(H,25,27). The normalized spacial score (nSPS) is 11.3. The number of fused-ring (bicyclic) bond motifs is 1. The largest absolute Gasteiger partial charge is 0.494 e. The van der Waals surface area contributed by atoms with E-state index in [4.69, 9.17) is 20.8 Å². The number of amides is 1. The first-order chi connectivity index (χ1) is 15.3. The molecule has 2 N–H and O–H groups in total. The summed E-state index contributed by atoms with van der Waals surface area (Å²) < 4.78 is 52.8. The molecule has 0 aliphatic carbocycles. The Morgan fingerprint density at radius 1 is 1.06 bits per heavy atom. The predicted octanol–water partition coefficient (Wildman–Crippen LogP) is 5.29. The summed E-state index contributed by atoms with van der Waals surface area (Å²) >= 11 is 5.95. The molecule has 3 aromatic carbocycles. The van der Waals surface area contributed by atoms with Gasteiger partial charge in [-0.25, -0.2) is 12.8 Å². The molecule has 0 atom stereocenters. The third kappa shape index (κ3) is 4.25. The topological polar surface area (TPSA) is 97.6 Å². The highest BCUT2D eigenvalue weighted by molar-refractivity contribution is 7.92. The molecule has 1 amide bonds. The number of benzene rings is 3. The molecule has 4 rings (SSSR count). The summed E-state index contributed by atoms with van der Waals surface area (Å²) in [4.78, 5) is 12.6. The molecule has 1 aromatic heterocycles. The lowest BCUT2D eigenvalue weighted by Crippen LogP contribution is -2.17. The van der Waals surface area contributed by atoms with Gasteiger partial charge in [0.15, 0.2) is 11.6 Å². The second kappa shape index (κ2) is 8.52. The minimum atomic E-state index is -4.26. The van der Waals surface area contributed by atoms with Crippen LogP contribution in [0.4, 0.5) is 15.8 Å². The van der Waals surface area contributed by atoms with E-state index >= 15 is 0 Å². The van der Waals surface area contributed by atoms with Crippen LogP contribution in [0.15, 0.2) is 76.0 Å². The molecule has 0 aliphatic heterocycles. The van der Waals surface area contributed by atoms with Crippen molar-refractivity contribution in [3.8, 4) is 5.75 Å². The van der Waals surface area contributed by atoms with Gasteiger partial charge in [0.05, 0.1) is 12.0 Å². The molecule has 7 nitrogen and oxygen atoms in total. The lowest BCUT2D eigenvalue weighted by Gasteiger charge is -2.10. The first-order valence-electron chi connectivity index (χ1n) is 9.23. The fraction of sp³-hybridized carbons (Fsp3) is 0.0455. The second-order valence-corrected chi connectivity index (χ2v) is 8.79. The molecule has 0 spiro atoms. The molecule has 32 heavy (non-hydrogen) atoms. The van der Waals surface area contributed by atoms with Gasteiger partial charge in [-0.05, 0) is 48.5 Å². The summed E-state index contributed by atoms with van der Waals surface area (Å²) in [6, 6.07) is 16.2. The molecule has 4 aromatic rings. The zero-order chi connectivity index (χ0) is 22.9. The minimum absolute atomic E-state index is 0.0728. The number of halogens is 2. The zero-order valence-corrected chi connectivity index (χ0v) is 18.1. The van der Waals surface area contributed by atoms with Gasteiger partial charge in [-0.2, -0.15) is 0 Å². The number of hydrogen-bond acceptors (Lipinski definition) is 5. The van der Waals surface area contributed by atoms with Gasteiger partial charge in [-0.15, -0.1) is 0 Å². The van der Waals surface area contributed by atoms with E-state index in [1.54, 1.807) is 42.5 Å². The fourth-order valence-corrected chi connectivity index (χ4v) is 4.35. The molecule has 0 bridgehead atoms. The van der Waals surface area contributed by atoms with Crippen molar-refractivity contribution in [1.82, 2.24) is 0 Å². The van der Waals surface area contributed by atoms with Crippen LogP contribution in [0.2, 0.25) is 5.02 Å². The van der Waals surface area contributed by atoms with Crippen molar-refractivity contribution in [2.24, 2.45) is 0 Å². The van der Waals surface area contributed by atoms with Crippen LogP contribution in [0, 0.1) is 5.82 Å². The van der Waals surface area contributed by atoms with E-state index in [2.05, 4.69) is 10.0 Å². The van der Waals surface area contributed by atoms with Crippen molar-refractivity contribution in [1.29, 1.82) is 0 Å². The summed E-state index contributed by atoms with van der Waals surface area (Å²) in [6.45, 7) is 0. The van der Waals surface area contributed by atoms with Crippen LogP contribution in [0.25, 0.3) is 11.0 Å². The van der Waals surface area contributed by atoms with Crippen molar-refractivity contribution < 1.29 is 26.8 Å². The maximum absolute atomic E-state index is 14.1. The Kier molecular flexibility index (Phi) is 5.77. The number of para-hydroxylation sites is 1. The third-order valence-corrected chi connectivity index (χ3v) is 6.14. The van der Waals surface area contributed by atoms with E-state index in [0.717, 1.165) is 6.07 Å². The molecule has 0 saturated heterocycles. The number of anilines is 2. The van der Waals surface area contributed by atoms with E-state index in [0.29, 0.717) is 21.7 Å². The van der Waals surface area contributed by atoms with Crippen LogP contribution in [0.5, 0.6) is 5.75 Å². The quantitative estimate of drug-likeness (QED) is 0.396. The molecular formula is C22H16ClFN2O5S. The van der Waals surface area contributed by atoms with Gasteiger partial charge in [0.2, 0.25) is 5.76 Å². The second-order valence-electron chi connectivity index (χ2n) is 6.67. The summed E-state index contributed by atoms with van der Waals surface area (Å²) in [5.41, 5.74) is 0.618. The number of rotatable bonds is 6. The fourth-order valence-electron chi connectivity index (χ4n) is 3.07. The Hall–Kier alpha value is -3.56. The first kappa shape index (κ1) is 21.7. The lowest BCUT2D eigenvalue weighted by molar-refractivity contribution is 0.1000. The number of nitrogens with one attached hydrogen (secondary N) is 2. The van der Waals surface area contributed by atoms with E-state index in [9.17, 15) is 17.6 Å². The molecule has 0 radical (unpaired) electrons. The monoisotopic (exact) mass is 474 g/mol. The molecule has 0 saturated carbocycles. The van der Waals surface area contributed by atoms with Crippen LogP contribution < -0.4 is 14.8 Å². The van der Waals surface area contributed by atoms with Crippen molar-refractivity contribution in [2.45, 2.75) is 4.90 Å². The van der Waals surface area contributed by atoms with Crippen LogP contribution in [-0.2, 0) is 10.0 Å². The molecular weight excluding hydrogens is 459 g/mol.